The van der Waals surface area contributed by atoms with Crippen LogP contribution in [0.4, 0.5) is 0 Å². The van der Waals surface area contributed by atoms with Crippen molar-refractivity contribution in [2.75, 3.05) is 7.11 Å². The van der Waals surface area contributed by atoms with E-state index in [1.807, 2.05) is 53.1 Å². The van der Waals surface area contributed by atoms with Crippen LogP contribution in [0.2, 0.25) is 5.02 Å². The smallest absolute Gasteiger partial charge is 0.283 e. The number of aromatic nitrogens is 5. The summed E-state index contributed by atoms with van der Waals surface area (Å²) in [5, 5.41) is 18.2. The van der Waals surface area contributed by atoms with Crippen molar-refractivity contribution in [1.29, 1.82) is 0 Å². The number of furan rings is 1. The Morgan fingerprint density at radius 3 is 2.56 bits per heavy atom. The van der Waals surface area contributed by atoms with Gasteiger partial charge in [-0.25, -0.2) is 0 Å². The molecule has 0 N–H and O–H groups in total. The Bertz CT molecular complexity index is 1330. The third-order valence-electron chi connectivity index (χ3n) is 4.60. The summed E-state index contributed by atoms with van der Waals surface area (Å²) in [6, 6.07) is 18.7. The number of hydrogen-bond donors (Lipinski definition) is 0. The molecule has 160 valence electrons. The minimum Gasteiger partial charge on any atom is -0.497 e. The minimum atomic E-state index is 0.332. The fourth-order valence-electron chi connectivity index (χ4n) is 3.08. The van der Waals surface area contributed by atoms with Crippen LogP contribution in [0, 0.1) is 0 Å². The Morgan fingerprint density at radius 2 is 1.81 bits per heavy atom. The van der Waals surface area contributed by atoms with Crippen LogP contribution in [0.1, 0.15) is 5.89 Å². The molecule has 2 aromatic carbocycles. The second kappa shape index (κ2) is 8.89. The second-order valence-corrected chi connectivity index (χ2v) is 7.94. The third kappa shape index (κ3) is 4.00. The van der Waals surface area contributed by atoms with Crippen molar-refractivity contribution in [3.63, 3.8) is 0 Å². The van der Waals surface area contributed by atoms with Crippen molar-refractivity contribution in [3.8, 4) is 34.5 Å². The molecule has 0 aliphatic heterocycles. The normalized spacial score (nSPS) is 11.1. The lowest BCUT2D eigenvalue weighted by atomic mass is 10.2. The van der Waals surface area contributed by atoms with E-state index < -0.39 is 0 Å². The second-order valence-electron chi connectivity index (χ2n) is 6.59. The first-order chi connectivity index (χ1) is 15.7. The van der Waals surface area contributed by atoms with Gasteiger partial charge in [0.05, 0.1) is 24.1 Å². The van der Waals surface area contributed by atoms with Crippen LogP contribution in [-0.2, 0) is 5.75 Å². The molecule has 3 heterocycles. The molecule has 5 aromatic rings. The maximum absolute atomic E-state index is 6.45. The van der Waals surface area contributed by atoms with Gasteiger partial charge in [0.15, 0.2) is 16.7 Å². The van der Waals surface area contributed by atoms with Crippen molar-refractivity contribution in [2.45, 2.75) is 10.9 Å². The van der Waals surface area contributed by atoms with Gasteiger partial charge in [0.2, 0.25) is 5.89 Å². The molecule has 0 aliphatic rings. The molecule has 0 aliphatic carbocycles. The number of methoxy groups -OCH3 is 1. The molecule has 0 amide bonds. The summed E-state index contributed by atoms with van der Waals surface area (Å²) >= 11 is 7.87. The topological polar surface area (TPSA) is 92.0 Å². The van der Waals surface area contributed by atoms with E-state index in [2.05, 4.69) is 20.4 Å². The van der Waals surface area contributed by atoms with Gasteiger partial charge in [-0.1, -0.05) is 35.5 Å². The number of rotatable bonds is 7. The molecular formula is C22H16ClN5O3S. The van der Waals surface area contributed by atoms with Crippen LogP contribution >= 0.6 is 23.4 Å². The maximum Gasteiger partial charge on any atom is 0.283 e. The van der Waals surface area contributed by atoms with Crippen molar-refractivity contribution in [3.05, 3.63) is 77.8 Å². The molecular weight excluding hydrogens is 450 g/mol. The van der Waals surface area contributed by atoms with Gasteiger partial charge < -0.3 is 13.6 Å². The number of benzene rings is 2. The SMILES string of the molecule is COc1ccc(-n2c(SCc3nnc(-c4ccco4)o3)nnc2-c2ccccc2Cl)cc1. The maximum atomic E-state index is 6.45. The molecule has 0 atom stereocenters. The molecule has 32 heavy (non-hydrogen) atoms. The molecule has 0 saturated carbocycles. The highest BCUT2D eigenvalue weighted by Crippen LogP contribution is 2.33. The first-order valence-electron chi connectivity index (χ1n) is 9.57. The van der Waals surface area contributed by atoms with Crippen LogP contribution in [-0.4, -0.2) is 32.1 Å². The lowest BCUT2D eigenvalue weighted by Gasteiger charge is -2.11. The lowest BCUT2D eigenvalue weighted by Crippen LogP contribution is -2.00. The third-order valence-corrected chi connectivity index (χ3v) is 5.85. The number of ether oxygens (including phenoxy) is 1. The van der Waals surface area contributed by atoms with E-state index in [-0.39, 0.29) is 0 Å². The van der Waals surface area contributed by atoms with Gasteiger partial charge in [-0.3, -0.25) is 4.57 Å². The van der Waals surface area contributed by atoms with Crippen LogP contribution < -0.4 is 4.74 Å². The monoisotopic (exact) mass is 465 g/mol. The first-order valence-corrected chi connectivity index (χ1v) is 10.9. The van der Waals surface area contributed by atoms with E-state index in [0.29, 0.717) is 39.3 Å². The van der Waals surface area contributed by atoms with E-state index >= 15 is 0 Å². The van der Waals surface area contributed by atoms with Gasteiger partial charge in [-0.05, 0) is 48.5 Å². The lowest BCUT2D eigenvalue weighted by molar-refractivity contribution is 0.414. The predicted octanol–water partition coefficient (Wildman–Crippen LogP) is 5.53. The molecule has 0 radical (unpaired) electrons. The first kappa shape index (κ1) is 20.3. The van der Waals surface area contributed by atoms with Crippen LogP contribution in [0.5, 0.6) is 5.75 Å². The highest BCUT2D eigenvalue weighted by atomic mass is 35.5. The molecule has 0 unspecified atom stereocenters. The van der Waals surface area contributed by atoms with Crippen LogP contribution in [0.3, 0.4) is 0 Å². The standard InChI is InChI=1S/C22H16ClN5O3S/c1-29-15-10-8-14(9-11-15)28-20(16-5-2-3-6-17(16)23)25-27-22(28)32-13-19-24-26-21(31-19)18-7-4-12-30-18/h2-12H,13H2,1H3. The van der Waals surface area contributed by atoms with Crippen molar-refractivity contribution in [2.24, 2.45) is 0 Å². The summed E-state index contributed by atoms with van der Waals surface area (Å²) in [5.41, 5.74) is 1.65. The van der Waals surface area contributed by atoms with E-state index in [4.69, 9.17) is 25.2 Å². The van der Waals surface area contributed by atoms with Crippen molar-refractivity contribution in [1.82, 2.24) is 25.0 Å². The van der Waals surface area contributed by atoms with Gasteiger partial charge in [0.1, 0.15) is 5.75 Å². The van der Waals surface area contributed by atoms with Gasteiger partial charge in [0, 0.05) is 11.3 Å². The summed E-state index contributed by atoms with van der Waals surface area (Å²) in [6.07, 6.45) is 1.56. The molecule has 10 heteroatoms. The molecule has 8 nitrogen and oxygen atoms in total. The van der Waals surface area contributed by atoms with Gasteiger partial charge >= 0.3 is 0 Å². The summed E-state index contributed by atoms with van der Waals surface area (Å²) in [6.45, 7) is 0. The fraction of sp³-hybridized carbons (Fsp3) is 0.0909. The average molecular weight is 466 g/mol. The summed E-state index contributed by atoms with van der Waals surface area (Å²) in [5.74, 6) is 3.10. The van der Waals surface area contributed by atoms with Gasteiger partial charge in [-0.2, -0.15) is 0 Å². The number of hydrogen-bond acceptors (Lipinski definition) is 8. The van der Waals surface area contributed by atoms with E-state index in [1.54, 1.807) is 25.5 Å². The largest absolute Gasteiger partial charge is 0.497 e. The Hall–Kier alpha value is -3.56. The molecule has 0 bridgehead atoms. The molecule has 5 rings (SSSR count). The summed E-state index contributed by atoms with van der Waals surface area (Å²) in [4.78, 5) is 0. The summed E-state index contributed by atoms with van der Waals surface area (Å²) < 4.78 is 18.2. The zero-order valence-corrected chi connectivity index (χ0v) is 18.4. The number of nitrogens with zero attached hydrogens (tertiary/aromatic N) is 5. The Labute approximate surface area is 192 Å². The summed E-state index contributed by atoms with van der Waals surface area (Å²) in [7, 11) is 1.63. The van der Waals surface area contributed by atoms with Crippen LogP contribution in [0.25, 0.3) is 28.7 Å². The van der Waals surface area contributed by atoms with E-state index in [0.717, 1.165) is 17.0 Å². The molecule has 0 spiro atoms. The Morgan fingerprint density at radius 1 is 0.969 bits per heavy atom. The Balaban J connectivity index is 1.48. The van der Waals surface area contributed by atoms with E-state index in [9.17, 15) is 0 Å². The highest BCUT2D eigenvalue weighted by Gasteiger charge is 2.19. The van der Waals surface area contributed by atoms with E-state index in [1.165, 1.54) is 11.8 Å². The predicted molar refractivity (Wildman–Crippen MR) is 120 cm³/mol. The molecule has 0 saturated heterocycles. The number of halogens is 1. The number of thioether (sulfide) groups is 1. The highest BCUT2D eigenvalue weighted by molar-refractivity contribution is 7.98. The van der Waals surface area contributed by atoms with Crippen LogP contribution in [0.15, 0.2) is 80.9 Å². The van der Waals surface area contributed by atoms with Gasteiger partial charge in [-0.15, -0.1) is 20.4 Å². The fourth-order valence-corrected chi connectivity index (χ4v) is 4.09. The van der Waals surface area contributed by atoms with Gasteiger partial charge in [0.25, 0.3) is 5.89 Å². The molecule has 3 aromatic heterocycles. The minimum absolute atomic E-state index is 0.332. The Kier molecular flexibility index (Phi) is 5.66. The van der Waals surface area contributed by atoms with Crippen molar-refractivity contribution < 1.29 is 13.6 Å². The average Bonchev–Trinajstić information content (AvgIpc) is 3.59. The molecule has 0 fully saturated rings. The zero-order valence-electron chi connectivity index (χ0n) is 16.8. The zero-order chi connectivity index (χ0) is 21.9. The van der Waals surface area contributed by atoms with Crippen molar-refractivity contribution >= 4 is 23.4 Å². The quantitative estimate of drug-likeness (QED) is 0.289.